The number of nitrogens with two attached hydrogens (primary N) is 1. The predicted octanol–water partition coefficient (Wildman–Crippen LogP) is 3.78. The maximum atomic E-state index is 6.46. The number of halogens is 1. The lowest BCUT2D eigenvalue weighted by Crippen LogP contribution is -2.48. The number of hydrogen-bond acceptors (Lipinski definition) is 6. The van der Waals surface area contributed by atoms with Gasteiger partial charge in [-0.2, -0.15) is 0 Å². The summed E-state index contributed by atoms with van der Waals surface area (Å²) in [6.07, 6.45) is 0. The molecule has 142 valence electrons. The van der Waals surface area contributed by atoms with Crippen LogP contribution in [0, 0.1) is 0 Å². The van der Waals surface area contributed by atoms with Crippen LogP contribution in [0.4, 0.5) is 5.69 Å². The van der Waals surface area contributed by atoms with Crippen LogP contribution in [0.5, 0.6) is 5.75 Å². The van der Waals surface area contributed by atoms with Gasteiger partial charge in [0.15, 0.2) is 0 Å². The van der Waals surface area contributed by atoms with E-state index in [4.69, 9.17) is 22.1 Å². The zero-order valence-electron chi connectivity index (χ0n) is 15.3. The van der Waals surface area contributed by atoms with Gasteiger partial charge in [-0.25, -0.2) is 4.98 Å². The van der Waals surface area contributed by atoms with Crippen LogP contribution in [0.15, 0.2) is 42.5 Å². The van der Waals surface area contributed by atoms with Gasteiger partial charge in [0, 0.05) is 32.7 Å². The largest absolute Gasteiger partial charge is 0.495 e. The number of ether oxygens (including phenoxy) is 1. The number of thiazole rings is 1. The number of fused-ring (bicyclic) bond motifs is 1. The molecule has 2 N–H and O–H groups in total. The van der Waals surface area contributed by atoms with Crippen molar-refractivity contribution < 1.29 is 4.74 Å². The molecule has 1 aromatic heterocycles. The van der Waals surface area contributed by atoms with E-state index in [0.717, 1.165) is 59.4 Å². The molecule has 0 spiro atoms. The smallest absolute Gasteiger partial charge is 0.142 e. The highest BCUT2D eigenvalue weighted by Crippen LogP contribution is 2.31. The summed E-state index contributed by atoms with van der Waals surface area (Å²) in [5.41, 5.74) is 8.47. The van der Waals surface area contributed by atoms with E-state index < -0.39 is 0 Å². The summed E-state index contributed by atoms with van der Waals surface area (Å²) in [6.45, 7) is 4.66. The minimum Gasteiger partial charge on any atom is -0.495 e. The van der Waals surface area contributed by atoms with E-state index in [1.165, 1.54) is 0 Å². The van der Waals surface area contributed by atoms with Crippen LogP contribution in [-0.2, 0) is 0 Å². The van der Waals surface area contributed by atoms with Gasteiger partial charge in [-0.15, -0.1) is 11.3 Å². The van der Waals surface area contributed by atoms with Gasteiger partial charge in [0.25, 0.3) is 0 Å². The third-order valence-corrected chi connectivity index (χ3v) is 6.41. The molecule has 0 saturated carbocycles. The number of rotatable bonds is 5. The molecule has 1 saturated heterocycles. The maximum absolute atomic E-state index is 6.46. The number of para-hydroxylation sites is 3. The van der Waals surface area contributed by atoms with Crippen molar-refractivity contribution >= 4 is 38.8 Å². The van der Waals surface area contributed by atoms with Gasteiger partial charge in [-0.05, 0) is 24.3 Å². The molecule has 5 nitrogen and oxygen atoms in total. The number of benzene rings is 2. The van der Waals surface area contributed by atoms with Crippen molar-refractivity contribution in [3.8, 4) is 5.75 Å². The number of aromatic nitrogens is 1. The van der Waals surface area contributed by atoms with E-state index in [1.54, 1.807) is 18.4 Å². The fourth-order valence-corrected chi connectivity index (χ4v) is 4.77. The average molecular weight is 403 g/mol. The molecule has 1 aliphatic rings. The summed E-state index contributed by atoms with van der Waals surface area (Å²) < 4.78 is 6.58. The van der Waals surface area contributed by atoms with Crippen LogP contribution in [0.3, 0.4) is 0 Å². The molecular weight excluding hydrogens is 380 g/mol. The molecule has 0 radical (unpaired) electrons. The fourth-order valence-electron chi connectivity index (χ4n) is 3.51. The molecule has 2 heterocycles. The zero-order valence-corrected chi connectivity index (χ0v) is 16.8. The first-order valence-electron chi connectivity index (χ1n) is 9.06. The lowest BCUT2D eigenvalue weighted by atomic mass is 10.2. The monoisotopic (exact) mass is 402 g/mol. The normalized spacial score (nSPS) is 16.6. The first-order valence-corrected chi connectivity index (χ1v) is 10.3. The molecule has 0 bridgehead atoms. The fraction of sp³-hybridized carbons (Fsp3) is 0.350. The van der Waals surface area contributed by atoms with Crippen LogP contribution >= 0.6 is 22.9 Å². The van der Waals surface area contributed by atoms with Gasteiger partial charge in [-0.1, -0.05) is 29.8 Å². The minimum atomic E-state index is -0.101. The Morgan fingerprint density at radius 2 is 1.93 bits per heavy atom. The molecule has 0 aliphatic carbocycles. The van der Waals surface area contributed by atoms with Crippen molar-refractivity contribution in [2.24, 2.45) is 5.73 Å². The Kier molecular flexibility index (Phi) is 5.50. The van der Waals surface area contributed by atoms with Crippen molar-refractivity contribution in [3.05, 3.63) is 52.5 Å². The van der Waals surface area contributed by atoms with Crippen molar-refractivity contribution in [1.82, 2.24) is 9.88 Å². The predicted molar refractivity (Wildman–Crippen MR) is 113 cm³/mol. The van der Waals surface area contributed by atoms with Crippen LogP contribution < -0.4 is 15.4 Å². The molecule has 1 fully saturated rings. The molecule has 0 amide bonds. The second kappa shape index (κ2) is 8.02. The van der Waals surface area contributed by atoms with E-state index in [2.05, 4.69) is 26.9 Å². The van der Waals surface area contributed by atoms with E-state index in [1.807, 2.05) is 30.3 Å². The van der Waals surface area contributed by atoms with Gasteiger partial charge < -0.3 is 15.4 Å². The highest BCUT2D eigenvalue weighted by molar-refractivity contribution is 7.18. The third-order valence-electron chi connectivity index (χ3n) is 4.96. The lowest BCUT2D eigenvalue weighted by molar-refractivity contribution is 0.242. The summed E-state index contributed by atoms with van der Waals surface area (Å²) in [5.74, 6) is 0.925. The number of piperazine rings is 1. The standard InChI is InChI=1S/C20H23ClN4OS/c1-26-17-7-3-2-6-16(17)25-11-9-24(10-12-25)13-15(22)20-23-19-14(21)5-4-8-18(19)27-20/h2-8,15H,9-13,22H2,1H3. The van der Waals surface area contributed by atoms with Crippen molar-refractivity contribution in [1.29, 1.82) is 0 Å². The molecule has 7 heteroatoms. The Labute approximate surface area is 168 Å². The molecular formula is C20H23ClN4OS. The molecule has 1 aliphatic heterocycles. The first-order chi connectivity index (χ1) is 13.2. The molecule has 4 rings (SSSR count). The molecule has 1 unspecified atom stereocenters. The average Bonchev–Trinajstić information content (AvgIpc) is 3.14. The second-order valence-electron chi connectivity index (χ2n) is 6.70. The van der Waals surface area contributed by atoms with E-state index in [9.17, 15) is 0 Å². The number of nitrogens with zero attached hydrogens (tertiary/aromatic N) is 3. The lowest BCUT2D eigenvalue weighted by Gasteiger charge is -2.37. The SMILES string of the molecule is COc1ccccc1N1CCN(CC(N)c2nc3c(Cl)cccc3s2)CC1. The summed E-state index contributed by atoms with van der Waals surface area (Å²) in [4.78, 5) is 9.45. The zero-order chi connectivity index (χ0) is 18.8. The minimum absolute atomic E-state index is 0.101. The summed E-state index contributed by atoms with van der Waals surface area (Å²) in [7, 11) is 1.72. The molecule has 1 atom stereocenters. The van der Waals surface area contributed by atoms with Gasteiger partial charge in [-0.3, -0.25) is 4.90 Å². The second-order valence-corrected chi connectivity index (χ2v) is 8.17. The highest BCUT2D eigenvalue weighted by atomic mass is 35.5. The topological polar surface area (TPSA) is 54.6 Å². The molecule has 2 aromatic carbocycles. The van der Waals surface area contributed by atoms with Gasteiger partial charge >= 0.3 is 0 Å². The van der Waals surface area contributed by atoms with Crippen molar-refractivity contribution in [3.63, 3.8) is 0 Å². The van der Waals surface area contributed by atoms with Gasteiger partial charge in [0.05, 0.1) is 28.6 Å². The van der Waals surface area contributed by atoms with Crippen LogP contribution in [0.25, 0.3) is 10.2 Å². The summed E-state index contributed by atoms with van der Waals surface area (Å²) >= 11 is 7.88. The first kappa shape index (κ1) is 18.5. The highest BCUT2D eigenvalue weighted by Gasteiger charge is 2.22. The Hall–Kier alpha value is -1.86. The van der Waals surface area contributed by atoms with Crippen LogP contribution in [0.1, 0.15) is 11.0 Å². The molecule has 3 aromatic rings. The quantitative estimate of drug-likeness (QED) is 0.703. The van der Waals surface area contributed by atoms with Gasteiger partial charge in [0.1, 0.15) is 16.3 Å². The number of methoxy groups -OCH3 is 1. The Bertz CT molecular complexity index is 923. The molecule has 27 heavy (non-hydrogen) atoms. The Balaban J connectivity index is 1.39. The van der Waals surface area contributed by atoms with E-state index >= 15 is 0 Å². The van der Waals surface area contributed by atoms with E-state index in [0.29, 0.717) is 5.02 Å². The van der Waals surface area contributed by atoms with Gasteiger partial charge in [0.2, 0.25) is 0 Å². The summed E-state index contributed by atoms with van der Waals surface area (Å²) in [5, 5.41) is 1.64. The number of hydrogen-bond donors (Lipinski definition) is 1. The Morgan fingerprint density at radius 1 is 1.15 bits per heavy atom. The summed E-state index contributed by atoms with van der Waals surface area (Å²) in [6, 6.07) is 13.9. The maximum Gasteiger partial charge on any atom is 0.142 e. The van der Waals surface area contributed by atoms with Crippen molar-refractivity contribution in [2.75, 3.05) is 44.7 Å². The number of anilines is 1. The third kappa shape index (κ3) is 3.89. The Morgan fingerprint density at radius 3 is 2.67 bits per heavy atom. The van der Waals surface area contributed by atoms with Crippen LogP contribution in [0.2, 0.25) is 5.02 Å². The van der Waals surface area contributed by atoms with E-state index in [-0.39, 0.29) is 6.04 Å². The van der Waals surface area contributed by atoms with Crippen LogP contribution in [-0.4, -0.2) is 49.7 Å². The van der Waals surface area contributed by atoms with Crippen molar-refractivity contribution in [2.45, 2.75) is 6.04 Å².